The standard InChI is InChI=1S/C10H16N2O/c1-4-8-13-9-6-5-7-11-10(9)12(2)3/h5-7H,4,8H2,1-3H3. The molecule has 0 amide bonds. The molecule has 0 aromatic carbocycles. The summed E-state index contributed by atoms with van der Waals surface area (Å²) < 4.78 is 5.54. The summed E-state index contributed by atoms with van der Waals surface area (Å²) in [6.07, 6.45) is 2.79. The second-order valence-corrected chi connectivity index (χ2v) is 3.07. The van der Waals surface area contributed by atoms with Gasteiger partial charge in [0.2, 0.25) is 0 Å². The Kier molecular flexibility index (Phi) is 3.55. The highest BCUT2D eigenvalue weighted by Gasteiger charge is 2.04. The number of hydrogen-bond donors (Lipinski definition) is 0. The molecule has 3 heteroatoms. The molecule has 0 aliphatic carbocycles. The molecule has 0 spiro atoms. The van der Waals surface area contributed by atoms with Crippen LogP contribution in [0.5, 0.6) is 5.75 Å². The second-order valence-electron chi connectivity index (χ2n) is 3.07. The Hall–Kier alpha value is -1.25. The SMILES string of the molecule is CCCOc1cccnc1N(C)C. The maximum atomic E-state index is 5.54. The van der Waals surface area contributed by atoms with Gasteiger partial charge in [0.15, 0.2) is 11.6 Å². The summed E-state index contributed by atoms with van der Waals surface area (Å²) in [6, 6.07) is 3.83. The van der Waals surface area contributed by atoms with Gasteiger partial charge in [-0.1, -0.05) is 6.92 Å². The fraction of sp³-hybridized carbons (Fsp3) is 0.500. The van der Waals surface area contributed by atoms with Crippen LogP contribution in [-0.2, 0) is 0 Å². The molecule has 1 heterocycles. The summed E-state index contributed by atoms with van der Waals surface area (Å²) in [5.74, 6) is 1.74. The van der Waals surface area contributed by atoms with Gasteiger partial charge in [0.1, 0.15) is 0 Å². The Balaban J connectivity index is 2.78. The van der Waals surface area contributed by atoms with E-state index >= 15 is 0 Å². The highest BCUT2D eigenvalue weighted by atomic mass is 16.5. The zero-order valence-corrected chi connectivity index (χ0v) is 8.45. The first-order chi connectivity index (χ1) is 6.25. The molecule has 0 aliphatic heterocycles. The minimum absolute atomic E-state index is 0.743. The molecule has 0 saturated heterocycles. The lowest BCUT2D eigenvalue weighted by atomic mass is 10.4. The predicted octanol–water partition coefficient (Wildman–Crippen LogP) is 1.94. The van der Waals surface area contributed by atoms with Crippen LogP contribution in [0.25, 0.3) is 0 Å². The largest absolute Gasteiger partial charge is 0.490 e. The van der Waals surface area contributed by atoms with E-state index in [1.807, 2.05) is 31.1 Å². The normalized spacial score (nSPS) is 9.77. The summed E-state index contributed by atoms with van der Waals surface area (Å²) in [5, 5.41) is 0. The summed E-state index contributed by atoms with van der Waals surface area (Å²) in [6.45, 7) is 2.83. The summed E-state index contributed by atoms with van der Waals surface area (Å²) in [4.78, 5) is 6.18. The number of rotatable bonds is 4. The molecule has 13 heavy (non-hydrogen) atoms. The molecule has 1 rings (SSSR count). The predicted molar refractivity (Wildman–Crippen MR) is 54.4 cm³/mol. The van der Waals surface area contributed by atoms with Crippen LogP contribution in [0.4, 0.5) is 5.82 Å². The van der Waals surface area contributed by atoms with Crippen LogP contribution in [0.2, 0.25) is 0 Å². The van der Waals surface area contributed by atoms with E-state index in [0.29, 0.717) is 0 Å². The molecule has 72 valence electrons. The van der Waals surface area contributed by atoms with Crippen LogP contribution in [0.3, 0.4) is 0 Å². The zero-order valence-electron chi connectivity index (χ0n) is 8.45. The number of aromatic nitrogens is 1. The van der Waals surface area contributed by atoms with Crippen molar-refractivity contribution in [3.63, 3.8) is 0 Å². The average Bonchev–Trinajstić information content (AvgIpc) is 2.15. The molecule has 1 aromatic rings. The molecular formula is C10H16N2O. The second kappa shape index (κ2) is 4.70. The Morgan fingerprint density at radius 2 is 2.23 bits per heavy atom. The van der Waals surface area contributed by atoms with Crippen LogP contribution >= 0.6 is 0 Å². The fourth-order valence-electron chi connectivity index (χ4n) is 1.04. The van der Waals surface area contributed by atoms with Crippen molar-refractivity contribution in [3.05, 3.63) is 18.3 Å². The zero-order chi connectivity index (χ0) is 9.68. The van der Waals surface area contributed by atoms with Gasteiger partial charge >= 0.3 is 0 Å². The molecule has 0 aliphatic rings. The lowest BCUT2D eigenvalue weighted by Gasteiger charge is -2.15. The number of anilines is 1. The van der Waals surface area contributed by atoms with Gasteiger partial charge in [-0.2, -0.15) is 0 Å². The molecule has 0 unspecified atom stereocenters. The highest BCUT2D eigenvalue weighted by molar-refractivity contribution is 5.50. The highest BCUT2D eigenvalue weighted by Crippen LogP contribution is 2.22. The van der Waals surface area contributed by atoms with Crippen molar-refractivity contribution in [3.8, 4) is 5.75 Å². The van der Waals surface area contributed by atoms with Crippen molar-refractivity contribution in [2.45, 2.75) is 13.3 Å². The molecule has 0 atom stereocenters. The Bertz CT molecular complexity index is 261. The van der Waals surface area contributed by atoms with Crippen LogP contribution in [0.15, 0.2) is 18.3 Å². The Morgan fingerprint density at radius 3 is 2.85 bits per heavy atom. The quantitative estimate of drug-likeness (QED) is 0.708. The molecule has 0 fully saturated rings. The van der Waals surface area contributed by atoms with Gasteiger partial charge in [0.25, 0.3) is 0 Å². The van der Waals surface area contributed by atoms with Gasteiger partial charge in [-0.25, -0.2) is 4.98 Å². The summed E-state index contributed by atoms with van der Waals surface area (Å²) in [7, 11) is 3.92. The minimum atomic E-state index is 0.743. The molecular weight excluding hydrogens is 164 g/mol. The van der Waals surface area contributed by atoms with Gasteiger partial charge in [-0.05, 0) is 18.6 Å². The number of hydrogen-bond acceptors (Lipinski definition) is 3. The molecule has 0 saturated carbocycles. The minimum Gasteiger partial charge on any atom is -0.490 e. The maximum Gasteiger partial charge on any atom is 0.170 e. The number of pyridine rings is 1. The third-order valence-electron chi connectivity index (χ3n) is 1.64. The van der Waals surface area contributed by atoms with E-state index in [4.69, 9.17) is 4.74 Å². The van der Waals surface area contributed by atoms with E-state index in [1.165, 1.54) is 0 Å². The Morgan fingerprint density at radius 1 is 1.46 bits per heavy atom. The van der Waals surface area contributed by atoms with Crippen LogP contribution in [-0.4, -0.2) is 25.7 Å². The van der Waals surface area contributed by atoms with Gasteiger partial charge in [0, 0.05) is 20.3 Å². The van der Waals surface area contributed by atoms with E-state index in [0.717, 1.165) is 24.6 Å². The van der Waals surface area contributed by atoms with Crippen molar-refractivity contribution in [2.75, 3.05) is 25.6 Å². The molecule has 3 nitrogen and oxygen atoms in total. The third-order valence-corrected chi connectivity index (χ3v) is 1.64. The number of ether oxygens (including phenoxy) is 1. The molecule has 0 radical (unpaired) electrons. The van der Waals surface area contributed by atoms with Crippen LogP contribution in [0.1, 0.15) is 13.3 Å². The third kappa shape index (κ3) is 2.61. The molecule has 0 N–H and O–H groups in total. The maximum absolute atomic E-state index is 5.54. The van der Waals surface area contributed by atoms with E-state index in [1.54, 1.807) is 6.20 Å². The smallest absolute Gasteiger partial charge is 0.170 e. The monoisotopic (exact) mass is 180 g/mol. The first-order valence-electron chi connectivity index (χ1n) is 4.51. The van der Waals surface area contributed by atoms with E-state index in [9.17, 15) is 0 Å². The first kappa shape index (κ1) is 9.84. The first-order valence-corrected chi connectivity index (χ1v) is 4.51. The Labute approximate surface area is 79.3 Å². The van der Waals surface area contributed by atoms with Crippen molar-refractivity contribution in [2.24, 2.45) is 0 Å². The van der Waals surface area contributed by atoms with Gasteiger partial charge in [-0.3, -0.25) is 0 Å². The van der Waals surface area contributed by atoms with Crippen molar-refractivity contribution in [1.29, 1.82) is 0 Å². The van der Waals surface area contributed by atoms with Gasteiger partial charge in [-0.15, -0.1) is 0 Å². The molecule has 1 aromatic heterocycles. The van der Waals surface area contributed by atoms with Crippen molar-refractivity contribution >= 4 is 5.82 Å². The van der Waals surface area contributed by atoms with Gasteiger partial charge in [0.05, 0.1) is 6.61 Å². The van der Waals surface area contributed by atoms with Crippen LogP contribution in [0, 0.1) is 0 Å². The fourth-order valence-corrected chi connectivity index (χ4v) is 1.04. The molecule has 0 bridgehead atoms. The summed E-state index contributed by atoms with van der Waals surface area (Å²) in [5.41, 5.74) is 0. The van der Waals surface area contributed by atoms with E-state index in [2.05, 4.69) is 11.9 Å². The van der Waals surface area contributed by atoms with Crippen molar-refractivity contribution in [1.82, 2.24) is 4.98 Å². The summed E-state index contributed by atoms with van der Waals surface area (Å²) >= 11 is 0. The topological polar surface area (TPSA) is 25.4 Å². The van der Waals surface area contributed by atoms with Crippen molar-refractivity contribution < 1.29 is 4.74 Å². The van der Waals surface area contributed by atoms with E-state index in [-0.39, 0.29) is 0 Å². The van der Waals surface area contributed by atoms with Gasteiger partial charge < -0.3 is 9.64 Å². The van der Waals surface area contributed by atoms with Crippen LogP contribution < -0.4 is 9.64 Å². The average molecular weight is 180 g/mol. The van der Waals surface area contributed by atoms with E-state index < -0.39 is 0 Å². The lowest BCUT2D eigenvalue weighted by molar-refractivity contribution is 0.317. The lowest BCUT2D eigenvalue weighted by Crippen LogP contribution is -2.12. The number of nitrogens with zero attached hydrogens (tertiary/aromatic N) is 2.